The SMILES string of the molecule is Cc1c(-c2ccc(N3CCNCC3)cc2)cccc1-n1cnn(CC(CN)=C(F)F)c1=O.O=C(O)C(F)(F)F.O=C(O)C(F)(F)F. The molecule has 4 rings (SSSR count). The van der Waals surface area contributed by atoms with Crippen LogP contribution in [0.15, 0.2) is 65.2 Å². The molecule has 11 nitrogen and oxygen atoms in total. The van der Waals surface area contributed by atoms with Gasteiger partial charge < -0.3 is 26.2 Å². The zero-order valence-electron chi connectivity index (χ0n) is 23.9. The maximum Gasteiger partial charge on any atom is 0.490 e. The molecule has 46 heavy (non-hydrogen) atoms. The maximum absolute atomic E-state index is 12.9. The fourth-order valence-electron chi connectivity index (χ4n) is 3.97. The van der Waals surface area contributed by atoms with Crippen LogP contribution < -0.4 is 21.6 Å². The summed E-state index contributed by atoms with van der Waals surface area (Å²) < 4.78 is 91.7. The second-order valence-electron chi connectivity index (χ2n) is 9.35. The van der Waals surface area contributed by atoms with Gasteiger partial charge in [0, 0.05) is 44.0 Å². The van der Waals surface area contributed by atoms with E-state index in [-0.39, 0.29) is 18.7 Å². The van der Waals surface area contributed by atoms with Crippen molar-refractivity contribution < 1.29 is 54.9 Å². The smallest absolute Gasteiger partial charge is 0.475 e. The Morgan fingerprint density at radius 3 is 1.91 bits per heavy atom. The van der Waals surface area contributed by atoms with E-state index in [1.807, 2.05) is 25.1 Å². The minimum Gasteiger partial charge on any atom is -0.475 e. The van der Waals surface area contributed by atoms with Crippen molar-refractivity contribution in [3.8, 4) is 16.8 Å². The van der Waals surface area contributed by atoms with Gasteiger partial charge in [-0.2, -0.15) is 40.2 Å². The summed E-state index contributed by atoms with van der Waals surface area (Å²) in [5, 5.41) is 21.6. The molecule has 1 saturated heterocycles. The summed E-state index contributed by atoms with van der Waals surface area (Å²) in [5.41, 5.74) is 9.33. The molecule has 5 N–H and O–H groups in total. The Morgan fingerprint density at radius 2 is 1.46 bits per heavy atom. The summed E-state index contributed by atoms with van der Waals surface area (Å²) >= 11 is 0. The Balaban J connectivity index is 0.000000440. The minimum atomic E-state index is -5.08. The zero-order chi connectivity index (χ0) is 34.8. The summed E-state index contributed by atoms with van der Waals surface area (Å²) in [5.74, 6) is -5.51. The highest BCUT2D eigenvalue weighted by Crippen LogP contribution is 2.29. The molecule has 2 aromatic carbocycles. The van der Waals surface area contributed by atoms with E-state index < -0.39 is 36.1 Å². The van der Waals surface area contributed by atoms with Crippen molar-refractivity contribution >= 4 is 17.6 Å². The van der Waals surface area contributed by atoms with Crippen molar-refractivity contribution in [1.82, 2.24) is 19.7 Å². The zero-order valence-corrected chi connectivity index (χ0v) is 23.9. The number of carboxylic acid groups (broad SMARTS) is 2. The van der Waals surface area contributed by atoms with Crippen LogP contribution in [-0.2, 0) is 16.1 Å². The number of piperazine rings is 1. The summed E-state index contributed by atoms with van der Waals surface area (Å²) in [7, 11) is 0. The fourth-order valence-corrected chi connectivity index (χ4v) is 3.97. The molecule has 0 saturated carbocycles. The number of hydrogen-bond acceptors (Lipinski definition) is 7. The first-order valence-electron chi connectivity index (χ1n) is 13.0. The number of nitrogens with zero attached hydrogens (tertiary/aromatic N) is 4. The van der Waals surface area contributed by atoms with Crippen LogP contribution in [0.25, 0.3) is 16.8 Å². The molecule has 2 heterocycles. The molecule has 1 fully saturated rings. The van der Waals surface area contributed by atoms with Crippen molar-refractivity contribution in [3.05, 3.63) is 76.5 Å². The average molecular weight is 669 g/mol. The molecule has 1 aromatic heterocycles. The van der Waals surface area contributed by atoms with Gasteiger partial charge in [0.25, 0.3) is 6.08 Å². The average Bonchev–Trinajstić information content (AvgIpc) is 3.35. The van der Waals surface area contributed by atoms with Crippen LogP contribution in [0.1, 0.15) is 5.56 Å². The van der Waals surface area contributed by atoms with E-state index in [0.29, 0.717) is 5.69 Å². The lowest BCUT2D eigenvalue weighted by molar-refractivity contribution is -0.193. The van der Waals surface area contributed by atoms with Gasteiger partial charge in [0.05, 0.1) is 12.2 Å². The van der Waals surface area contributed by atoms with Crippen LogP contribution in [0.2, 0.25) is 0 Å². The Labute approximate surface area is 255 Å². The molecule has 0 atom stereocenters. The lowest BCUT2D eigenvalue weighted by Gasteiger charge is -2.29. The van der Waals surface area contributed by atoms with Crippen molar-refractivity contribution in [2.24, 2.45) is 5.73 Å². The van der Waals surface area contributed by atoms with Gasteiger partial charge in [-0.1, -0.05) is 24.3 Å². The van der Waals surface area contributed by atoms with E-state index in [1.165, 1.54) is 16.6 Å². The Hall–Kier alpha value is -4.78. The topological polar surface area (TPSA) is 156 Å². The lowest BCUT2D eigenvalue weighted by atomic mass is 9.98. The van der Waals surface area contributed by atoms with E-state index in [4.69, 9.17) is 25.5 Å². The van der Waals surface area contributed by atoms with E-state index in [0.717, 1.165) is 47.6 Å². The molecule has 1 aliphatic heterocycles. The second kappa shape index (κ2) is 16.0. The van der Waals surface area contributed by atoms with Crippen molar-refractivity contribution in [1.29, 1.82) is 0 Å². The molecular weight excluding hydrogens is 640 g/mol. The minimum absolute atomic E-state index is 0.313. The van der Waals surface area contributed by atoms with Crippen molar-refractivity contribution in [3.63, 3.8) is 0 Å². The predicted molar refractivity (Wildman–Crippen MR) is 149 cm³/mol. The third-order valence-corrected chi connectivity index (χ3v) is 6.30. The number of alkyl halides is 6. The van der Waals surface area contributed by atoms with Crippen LogP contribution in [0.5, 0.6) is 0 Å². The van der Waals surface area contributed by atoms with Gasteiger partial charge in [-0.05, 0) is 41.8 Å². The first-order valence-corrected chi connectivity index (χ1v) is 13.0. The number of rotatable bonds is 6. The fraction of sp³-hybridized carbons (Fsp3) is 0.333. The molecule has 0 bridgehead atoms. The number of aliphatic carboxylic acids is 2. The van der Waals surface area contributed by atoms with Crippen LogP contribution in [-0.4, -0.2) is 81.6 Å². The molecule has 19 heteroatoms. The highest BCUT2D eigenvalue weighted by atomic mass is 19.4. The molecule has 0 radical (unpaired) electrons. The number of carboxylic acids is 2. The standard InChI is InChI=1S/C23H26F2N6O.2C2HF3O2/c1-16-20(17-5-7-19(8-6-17)29-11-9-27-10-12-29)3-2-4-21(16)30-15-28-31(23(30)32)14-18(13-26)22(24)25;2*3-2(4,5)1(6)7/h2-8,15,27H,9-14,26H2,1H3;2*(H,6,7). The van der Waals surface area contributed by atoms with Crippen LogP contribution in [0.4, 0.5) is 40.8 Å². The second-order valence-corrected chi connectivity index (χ2v) is 9.35. The monoisotopic (exact) mass is 668 g/mol. The highest BCUT2D eigenvalue weighted by Gasteiger charge is 2.38. The lowest BCUT2D eigenvalue weighted by Crippen LogP contribution is -2.43. The maximum atomic E-state index is 12.9. The molecule has 0 spiro atoms. The van der Waals surface area contributed by atoms with Gasteiger partial charge in [0.1, 0.15) is 6.33 Å². The van der Waals surface area contributed by atoms with E-state index in [2.05, 4.69) is 39.6 Å². The van der Waals surface area contributed by atoms with Crippen LogP contribution in [0, 0.1) is 6.92 Å². The van der Waals surface area contributed by atoms with Gasteiger partial charge in [0.2, 0.25) is 0 Å². The molecule has 0 unspecified atom stereocenters. The first kappa shape index (κ1) is 37.4. The largest absolute Gasteiger partial charge is 0.490 e. The number of aromatic nitrogens is 3. The Bertz CT molecular complexity index is 1550. The Kier molecular flexibility index (Phi) is 13.0. The Morgan fingerprint density at radius 1 is 0.935 bits per heavy atom. The normalized spacial score (nSPS) is 13.1. The predicted octanol–water partition coefficient (Wildman–Crippen LogP) is 3.79. The van der Waals surface area contributed by atoms with E-state index >= 15 is 0 Å². The highest BCUT2D eigenvalue weighted by molar-refractivity contribution is 5.74. The third-order valence-electron chi connectivity index (χ3n) is 6.30. The number of halogens is 8. The van der Waals surface area contributed by atoms with Gasteiger partial charge in [-0.3, -0.25) is 0 Å². The number of nitrogens with two attached hydrogens (primary N) is 1. The van der Waals surface area contributed by atoms with E-state index in [9.17, 15) is 39.9 Å². The van der Waals surface area contributed by atoms with Crippen LogP contribution >= 0.6 is 0 Å². The molecule has 1 aliphatic rings. The third kappa shape index (κ3) is 10.4. The van der Waals surface area contributed by atoms with E-state index in [1.54, 1.807) is 0 Å². The summed E-state index contributed by atoms with van der Waals surface area (Å²) in [6.45, 7) is 5.18. The first-order chi connectivity index (χ1) is 21.4. The molecule has 252 valence electrons. The molecule has 0 aliphatic carbocycles. The quantitative estimate of drug-likeness (QED) is 0.287. The molecule has 0 amide bonds. The number of nitrogens with one attached hydrogen (secondary N) is 1. The van der Waals surface area contributed by atoms with Gasteiger partial charge in [-0.25, -0.2) is 23.6 Å². The van der Waals surface area contributed by atoms with Gasteiger partial charge in [-0.15, -0.1) is 0 Å². The molecule has 3 aromatic rings. The van der Waals surface area contributed by atoms with Crippen LogP contribution in [0.3, 0.4) is 0 Å². The molecular formula is C27H28F8N6O5. The van der Waals surface area contributed by atoms with Gasteiger partial charge >= 0.3 is 30.0 Å². The van der Waals surface area contributed by atoms with Gasteiger partial charge in [0.15, 0.2) is 0 Å². The number of hydrogen-bond donors (Lipinski definition) is 4. The summed E-state index contributed by atoms with van der Waals surface area (Å²) in [6.07, 6.45) is -10.7. The number of carbonyl (C=O) groups is 2. The van der Waals surface area contributed by atoms with Crippen molar-refractivity contribution in [2.45, 2.75) is 25.8 Å². The summed E-state index contributed by atoms with van der Waals surface area (Å²) in [6, 6.07) is 14.1. The summed E-state index contributed by atoms with van der Waals surface area (Å²) in [4.78, 5) is 32.9. The van der Waals surface area contributed by atoms with Crippen molar-refractivity contribution in [2.75, 3.05) is 37.6 Å². The number of anilines is 1. The number of benzene rings is 2.